The summed E-state index contributed by atoms with van der Waals surface area (Å²) in [5.74, 6) is -1.45. The van der Waals surface area contributed by atoms with Crippen LogP contribution < -0.4 is 15.0 Å². The van der Waals surface area contributed by atoms with E-state index in [1.165, 1.54) is 36.4 Å². The molecule has 2 aromatic carbocycles. The molecule has 10 heteroatoms. The zero-order valence-corrected chi connectivity index (χ0v) is 15.3. The molecule has 9 nitrogen and oxygen atoms in total. The first-order valence-corrected chi connectivity index (χ1v) is 8.72. The van der Waals surface area contributed by atoms with Crippen molar-refractivity contribution in [1.82, 2.24) is 5.01 Å². The number of fused-ring (bicyclic) bond motifs is 1. The number of hydrogen-bond acceptors (Lipinski definition) is 7. The van der Waals surface area contributed by atoms with Gasteiger partial charge in [0.2, 0.25) is 5.91 Å². The first-order chi connectivity index (χ1) is 14.0. The summed E-state index contributed by atoms with van der Waals surface area (Å²) in [7, 11) is 1.51. The lowest BCUT2D eigenvalue weighted by atomic mass is 10.1. The van der Waals surface area contributed by atoms with E-state index in [2.05, 4.69) is 15.7 Å². The van der Waals surface area contributed by atoms with E-state index in [-0.39, 0.29) is 12.2 Å². The number of methoxy groups -OCH3 is 1. The highest BCUT2D eigenvalue weighted by Crippen LogP contribution is 2.32. The second kappa shape index (κ2) is 7.30. The Hall–Kier alpha value is -3.82. The molecule has 1 saturated heterocycles. The molecule has 0 unspecified atom stereocenters. The fourth-order valence-corrected chi connectivity index (χ4v) is 3.25. The van der Waals surface area contributed by atoms with E-state index >= 15 is 0 Å². The Morgan fingerprint density at radius 3 is 2.62 bits per heavy atom. The van der Waals surface area contributed by atoms with Gasteiger partial charge in [-0.2, -0.15) is 5.11 Å². The molecular weight excluding hydrogens is 381 g/mol. The average molecular weight is 397 g/mol. The summed E-state index contributed by atoms with van der Waals surface area (Å²) in [5, 5.41) is 11.4. The molecule has 29 heavy (non-hydrogen) atoms. The molecule has 0 saturated carbocycles. The zero-order chi connectivity index (χ0) is 20.5. The average Bonchev–Trinajstić information content (AvgIpc) is 3.22. The van der Waals surface area contributed by atoms with E-state index in [0.717, 1.165) is 4.90 Å². The van der Waals surface area contributed by atoms with Gasteiger partial charge in [0.25, 0.3) is 11.8 Å². The highest BCUT2D eigenvalue weighted by Gasteiger charge is 2.55. The van der Waals surface area contributed by atoms with Gasteiger partial charge in [0.05, 0.1) is 12.8 Å². The van der Waals surface area contributed by atoms with Crippen molar-refractivity contribution in [1.29, 1.82) is 0 Å². The molecule has 0 radical (unpaired) electrons. The summed E-state index contributed by atoms with van der Waals surface area (Å²) in [5.41, 5.74) is 0.658. The fourth-order valence-electron chi connectivity index (χ4n) is 3.25. The van der Waals surface area contributed by atoms with Gasteiger partial charge in [-0.05, 0) is 42.5 Å². The van der Waals surface area contributed by atoms with Gasteiger partial charge in [0, 0.05) is 5.69 Å². The van der Waals surface area contributed by atoms with E-state index in [1.807, 2.05) is 0 Å². The number of imide groups is 1. The van der Waals surface area contributed by atoms with E-state index in [0.29, 0.717) is 11.4 Å². The molecule has 2 aromatic rings. The molecule has 0 aromatic heterocycles. The quantitative estimate of drug-likeness (QED) is 0.775. The summed E-state index contributed by atoms with van der Waals surface area (Å²) in [4.78, 5) is 38.9. The summed E-state index contributed by atoms with van der Waals surface area (Å²) in [6.45, 7) is -0.309. The van der Waals surface area contributed by atoms with Crippen LogP contribution >= 0.6 is 0 Å². The summed E-state index contributed by atoms with van der Waals surface area (Å²) in [6, 6.07) is 9.86. The molecule has 2 atom stereocenters. The molecule has 1 N–H and O–H groups in total. The van der Waals surface area contributed by atoms with Crippen LogP contribution in [0.15, 0.2) is 58.9 Å². The summed E-state index contributed by atoms with van der Waals surface area (Å²) >= 11 is 0. The van der Waals surface area contributed by atoms with Gasteiger partial charge < -0.3 is 10.1 Å². The Kier molecular flexibility index (Phi) is 4.67. The van der Waals surface area contributed by atoms with E-state index in [1.54, 1.807) is 24.3 Å². The number of hydrogen-bond donors (Lipinski definition) is 1. The first kappa shape index (κ1) is 18.5. The highest BCUT2D eigenvalue weighted by atomic mass is 19.1. The molecule has 2 heterocycles. The van der Waals surface area contributed by atoms with Crippen LogP contribution in [-0.2, 0) is 14.4 Å². The third kappa shape index (κ3) is 3.40. The minimum atomic E-state index is -1.01. The summed E-state index contributed by atoms with van der Waals surface area (Å²) < 4.78 is 18.3. The molecule has 148 valence electrons. The van der Waals surface area contributed by atoms with Crippen LogP contribution in [0.2, 0.25) is 0 Å². The number of halogens is 1. The van der Waals surface area contributed by atoms with Crippen LogP contribution in [0.1, 0.15) is 0 Å². The fraction of sp³-hybridized carbons (Fsp3) is 0.211. The first-order valence-electron chi connectivity index (χ1n) is 8.72. The number of rotatable bonds is 5. The number of carbonyl (C=O) groups is 3. The van der Waals surface area contributed by atoms with Crippen molar-refractivity contribution in [2.75, 3.05) is 23.9 Å². The van der Waals surface area contributed by atoms with E-state index in [9.17, 15) is 18.8 Å². The van der Waals surface area contributed by atoms with Crippen molar-refractivity contribution in [2.24, 2.45) is 10.3 Å². The predicted octanol–water partition coefficient (Wildman–Crippen LogP) is 1.77. The standard InChI is InChI=1S/C19H16FN5O4/c1-29-14-7-5-13(6-8-14)25-18(27)16-17(19(25)28)24(23-22-16)10-15(26)21-12-4-2-3-11(20)9-12/h2-9,16-17H,10H2,1H3,(H,21,26)/t16-,17+/m0/s1. The Balaban J connectivity index is 1.48. The van der Waals surface area contributed by atoms with Crippen molar-refractivity contribution >= 4 is 29.1 Å². The van der Waals surface area contributed by atoms with Crippen molar-refractivity contribution in [3.05, 3.63) is 54.3 Å². The molecular formula is C19H16FN5O4. The second-order valence-corrected chi connectivity index (χ2v) is 6.46. The molecule has 0 aliphatic carbocycles. The molecule has 3 amide bonds. The van der Waals surface area contributed by atoms with Crippen molar-refractivity contribution < 1.29 is 23.5 Å². The third-order valence-corrected chi connectivity index (χ3v) is 4.60. The number of ether oxygens (including phenoxy) is 1. The Morgan fingerprint density at radius 2 is 1.93 bits per heavy atom. The lowest BCUT2D eigenvalue weighted by Crippen LogP contribution is -2.43. The van der Waals surface area contributed by atoms with Crippen LogP contribution in [0.3, 0.4) is 0 Å². The maximum atomic E-state index is 13.3. The second-order valence-electron chi connectivity index (χ2n) is 6.46. The normalized spacial score (nSPS) is 20.2. The van der Waals surface area contributed by atoms with Crippen molar-refractivity contribution in [3.8, 4) is 5.75 Å². The molecule has 1 fully saturated rings. The van der Waals surface area contributed by atoms with Crippen LogP contribution in [-0.4, -0.2) is 48.5 Å². The Labute approximate surface area is 164 Å². The van der Waals surface area contributed by atoms with Gasteiger partial charge in [-0.15, -0.1) is 0 Å². The van der Waals surface area contributed by atoms with Crippen LogP contribution in [0.4, 0.5) is 15.8 Å². The SMILES string of the molecule is COc1ccc(N2C(=O)[C@H]3N=NN(CC(=O)Nc4cccc(F)c4)[C@H]3C2=O)cc1. The number of nitrogens with zero attached hydrogens (tertiary/aromatic N) is 4. The highest BCUT2D eigenvalue weighted by molar-refractivity contribution is 6.25. The van der Waals surface area contributed by atoms with Crippen LogP contribution in [0, 0.1) is 5.82 Å². The van der Waals surface area contributed by atoms with Gasteiger partial charge in [-0.25, -0.2) is 9.29 Å². The van der Waals surface area contributed by atoms with Gasteiger partial charge in [-0.3, -0.25) is 19.4 Å². The van der Waals surface area contributed by atoms with Crippen LogP contribution in [0.25, 0.3) is 0 Å². The lowest BCUT2D eigenvalue weighted by molar-refractivity contribution is -0.123. The predicted molar refractivity (Wildman–Crippen MR) is 99.7 cm³/mol. The maximum absolute atomic E-state index is 13.3. The van der Waals surface area contributed by atoms with Crippen molar-refractivity contribution in [3.63, 3.8) is 0 Å². The number of carbonyl (C=O) groups excluding carboxylic acids is 3. The van der Waals surface area contributed by atoms with Crippen LogP contribution in [0.5, 0.6) is 5.75 Å². The topological polar surface area (TPSA) is 104 Å². The number of amides is 3. The van der Waals surface area contributed by atoms with Gasteiger partial charge in [0.1, 0.15) is 18.1 Å². The Bertz CT molecular complexity index is 1010. The largest absolute Gasteiger partial charge is 0.497 e. The monoisotopic (exact) mass is 397 g/mol. The molecule has 2 aliphatic rings. The summed E-state index contributed by atoms with van der Waals surface area (Å²) in [6.07, 6.45) is 0. The van der Waals surface area contributed by atoms with Gasteiger partial charge >= 0.3 is 0 Å². The number of nitrogens with one attached hydrogen (secondary N) is 1. The molecule has 0 spiro atoms. The smallest absolute Gasteiger partial charge is 0.263 e. The Morgan fingerprint density at radius 1 is 1.17 bits per heavy atom. The minimum Gasteiger partial charge on any atom is -0.497 e. The van der Waals surface area contributed by atoms with Gasteiger partial charge in [0.15, 0.2) is 12.1 Å². The molecule has 0 bridgehead atoms. The molecule has 2 aliphatic heterocycles. The zero-order valence-electron chi connectivity index (χ0n) is 15.3. The van der Waals surface area contributed by atoms with Crippen molar-refractivity contribution in [2.45, 2.75) is 12.1 Å². The van der Waals surface area contributed by atoms with E-state index < -0.39 is 35.6 Å². The minimum absolute atomic E-state index is 0.274. The third-order valence-electron chi connectivity index (χ3n) is 4.60. The number of anilines is 2. The van der Waals surface area contributed by atoms with Gasteiger partial charge in [-0.1, -0.05) is 11.3 Å². The lowest BCUT2D eigenvalue weighted by Gasteiger charge is -2.20. The molecule has 4 rings (SSSR count). The maximum Gasteiger partial charge on any atom is 0.263 e. The number of benzene rings is 2. The van der Waals surface area contributed by atoms with E-state index in [4.69, 9.17) is 4.74 Å².